The van der Waals surface area contributed by atoms with E-state index < -0.39 is 5.91 Å². The molecule has 0 spiro atoms. The van der Waals surface area contributed by atoms with Gasteiger partial charge in [0.1, 0.15) is 11.3 Å². The molecule has 1 saturated carbocycles. The van der Waals surface area contributed by atoms with Gasteiger partial charge in [0, 0.05) is 23.0 Å². The molecule has 10 nitrogen and oxygen atoms in total. The summed E-state index contributed by atoms with van der Waals surface area (Å²) in [5, 5.41) is 19.9. The Bertz CT molecular complexity index is 1230. The van der Waals surface area contributed by atoms with Gasteiger partial charge in [-0.15, -0.1) is 0 Å². The lowest BCUT2D eigenvalue weighted by Gasteiger charge is -2.32. The number of rotatable bonds is 6. The first kappa shape index (κ1) is 24.5. The van der Waals surface area contributed by atoms with Crippen LogP contribution in [0.2, 0.25) is 0 Å². The Labute approximate surface area is 204 Å². The third-order valence-corrected chi connectivity index (χ3v) is 6.48. The molecule has 2 amide bonds. The predicted octanol–water partition coefficient (Wildman–Crippen LogP) is 1.76. The molecule has 1 fully saturated rings. The van der Waals surface area contributed by atoms with Gasteiger partial charge in [-0.3, -0.25) is 15.0 Å². The first-order valence-electron chi connectivity index (χ1n) is 11.8. The van der Waals surface area contributed by atoms with Crippen molar-refractivity contribution in [2.75, 3.05) is 20.6 Å². The molecule has 35 heavy (non-hydrogen) atoms. The Kier molecular flexibility index (Phi) is 6.93. The summed E-state index contributed by atoms with van der Waals surface area (Å²) in [7, 11) is 3.74. The van der Waals surface area contributed by atoms with Gasteiger partial charge in [-0.05, 0) is 65.8 Å². The molecule has 1 aromatic heterocycles. The van der Waals surface area contributed by atoms with Crippen molar-refractivity contribution in [3.8, 4) is 0 Å². The molecule has 4 rings (SSSR count). The van der Waals surface area contributed by atoms with Gasteiger partial charge < -0.3 is 25.7 Å². The Morgan fingerprint density at radius 2 is 1.86 bits per heavy atom. The Morgan fingerprint density at radius 1 is 1.20 bits per heavy atom. The molecule has 2 aliphatic rings. The monoisotopic (exact) mass is 479 g/mol. The average Bonchev–Trinajstić information content (AvgIpc) is 3.12. The lowest BCUT2D eigenvalue weighted by molar-refractivity contribution is -0.122. The normalized spacial score (nSPS) is 22.1. The number of fused-ring (bicyclic) bond motifs is 1. The van der Waals surface area contributed by atoms with Gasteiger partial charge in [0.05, 0.1) is 17.8 Å². The Hall–Kier alpha value is -3.66. The number of nitrogens with two attached hydrogens (primary N) is 1. The first-order chi connectivity index (χ1) is 16.6. The highest BCUT2D eigenvalue weighted by molar-refractivity contribution is 6.53. The summed E-state index contributed by atoms with van der Waals surface area (Å²) in [4.78, 5) is 26.3. The SMILES string of the molecule is Cc1ccc2oc(/C(NC3CCC(NC(=O)CN(C)C)CC3)=C3/C(=N)C(=O)NN=C3N)c(C)c2c1. The van der Waals surface area contributed by atoms with Gasteiger partial charge >= 0.3 is 0 Å². The smallest absolute Gasteiger partial charge is 0.290 e. The standard InChI is InChI=1S/C25H33N7O3/c1-13-5-10-18-17(11-13)14(2)23(35-18)22(20-21(26)25(34)31-30-24(20)27)29-16-8-6-15(7-9-16)28-19(33)12-32(3)4/h5,10-11,15-16,26,29H,6-9,12H2,1-4H3,(H2,27,30)(H,28,33)(H,31,34)/b22-20+,26-21?. The van der Waals surface area contributed by atoms with Gasteiger partial charge in [-0.25, -0.2) is 5.43 Å². The van der Waals surface area contributed by atoms with Crippen LogP contribution in [-0.2, 0) is 9.59 Å². The molecule has 1 aliphatic heterocycles. The van der Waals surface area contributed by atoms with Gasteiger partial charge in [-0.1, -0.05) is 11.6 Å². The first-order valence-corrected chi connectivity index (χ1v) is 11.8. The molecule has 186 valence electrons. The minimum atomic E-state index is -0.620. The molecular formula is C25H33N7O3. The fourth-order valence-corrected chi connectivity index (χ4v) is 4.69. The highest BCUT2D eigenvalue weighted by Gasteiger charge is 2.32. The van der Waals surface area contributed by atoms with E-state index in [4.69, 9.17) is 15.6 Å². The van der Waals surface area contributed by atoms with Crippen molar-refractivity contribution in [2.45, 2.75) is 51.6 Å². The number of amides is 2. The minimum Gasteiger partial charge on any atom is -0.454 e. The number of hydrogen-bond donors (Lipinski definition) is 5. The van der Waals surface area contributed by atoms with E-state index >= 15 is 0 Å². The lowest BCUT2D eigenvalue weighted by Crippen LogP contribution is -2.45. The minimum absolute atomic E-state index is 0.0214. The molecule has 10 heteroatoms. The number of nitrogens with one attached hydrogen (secondary N) is 4. The van der Waals surface area contributed by atoms with Crippen LogP contribution in [0.4, 0.5) is 0 Å². The van der Waals surface area contributed by atoms with Crippen LogP contribution in [-0.4, -0.2) is 61.0 Å². The van der Waals surface area contributed by atoms with Gasteiger partial charge in [0.2, 0.25) is 5.91 Å². The van der Waals surface area contributed by atoms with Gasteiger partial charge in [0.25, 0.3) is 5.91 Å². The van der Waals surface area contributed by atoms with E-state index in [1.165, 1.54) is 0 Å². The number of carbonyl (C=O) groups is 2. The second-order valence-corrected chi connectivity index (χ2v) is 9.62. The second-order valence-electron chi connectivity index (χ2n) is 9.62. The van der Waals surface area contributed by atoms with Crippen LogP contribution in [0.3, 0.4) is 0 Å². The van der Waals surface area contributed by atoms with Crippen molar-refractivity contribution in [2.24, 2.45) is 10.8 Å². The number of amidine groups is 1. The molecule has 0 bridgehead atoms. The molecule has 0 atom stereocenters. The predicted molar refractivity (Wildman–Crippen MR) is 136 cm³/mol. The number of nitrogens with zero attached hydrogens (tertiary/aromatic N) is 2. The zero-order valence-corrected chi connectivity index (χ0v) is 20.6. The van der Waals surface area contributed by atoms with E-state index in [-0.39, 0.29) is 35.1 Å². The van der Waals surface area contributed by atoms with E-state index in [0.29, 0.717) is 18.0 Å². The van der Waals surface area contributed by atoms with Crippen LogP contribution in [0.1, 0.15) is 42.6 Å². The number of benzene rings is 1. The summed E-state index contributed by atoms with van der Waals surface area (Å²) in [6.07, 6.45) is 3.25. The van der Waals surface area contributed by atoms with Crippen LogP contribution < -0.4 is 21.8 Å². The van der Waals surface area contributed by atoms with Gasteiger partial charge in [-0.2, -0.15) is 5.10 Å². The summed E-state index contributed by atoms with van der Waals surface area (Å²) in [5.74, 6) is -0.00383. The number of aryl methyl sites for hydroxylation is 2. The molecule has 6 N–H and O–H groups in total. The number of carbonyl (C=O) groups excluding carboxylic acids is 2. The maximum Gasteiger partial charge on any atom is 0.290 e. The number of likely N-dealkylation sites (N-methyl/N-ethyl adjacent to an activating group) is 1. The van der Waals surface area contributed by atoms with Crippen molar-refractivity contribution in [3.05, 3.63) is 40.7 Å². The molecule has 0 unspecified atom stereocenters. The summed E-state index contributed by atoms with van der Waals surface area (Å²) in [6.45, 7) is 4.34. The highest BCUT2D eigenvalue weighted by Crippen LogP contribution is 2.33. The molecule has 2 aromatic rings. The molecule has 0 radical (unpaired) electrons. The van der Waals surface area contributed by atoms with E-state index in [9.17, 15) is 9.59 Å². The fourth-order valence-electron chi connectivity index (χ4n) is 4.69. The Balaban J connectivity index is 1.64. The Morgan fingerprint density at radius 3 is 2.51 bits per heavy atom. The van der Waals surface area contributed by atoms with Crippen molar-refractivity contribution in [1.29, 1.82) is 5.41 Å². The zero-order valence-electron chi connectivity index (χ0n) is 20.6. The van der Waals surface area contributed by atoms with Crippen LogP contribution in [0.25, 0.3) is 16.7 Å². The van der Waals surface area contributed by atoms with Crippen LogP contribution in [0, 0.1) is 19.3 Å². The molecule has 2 heterocycles. The van der Waals surface area contributed by atoms with Crippen molar-refractivity contribution in [1.82, 2.24) is 21.0 Å². The van der Waals surface area contributed by atoms with Crippen molar-refractivity contribution >= 4 is 40.0 Å². The molecular weight excluding hydrogens is 446 g/mol. The zero-order chi connectivity index (χ0) is 25.3. The fraction of sp³-hybridized carbons (Fsp3) is 0.440. The van der Waals surface area contributed by atoms with Crippen molar-refractivity contribution < 1.29 is 14.0 Å². The van der Waals surface area contributed by atoms with Gasteiger partial charge in [0.15, 0.2) is 11.6 Å². The number of hydrazone groups is 1. The number of hydrogen-bond acceptors (Lipinski definition) is 8. The van der Waals surface area contributed by atoms with E-state index in [1.807, 2.05) is 45.0 Å². The third kappa shape index (κ3) is 5.22. The molecule has 0 saturated heterocycles. The maximum absolute atomic E-state index is 12.3. The highest BCUT2D eigenvalue weighted by atomic mass is 16.3. The summed E-state index contributed by atoms with van der Waals surface area (Å²) < 4.78 is 6.23. The quantitative estimate of drug-likeness (QED) is 0.426. The number of furan rings is 1. The van der Waals surface area contributed by atoms with E-state index in [0.717, 1.165) is 47.8 Å². The van der Waals surface area contributed by atoms with Crippen LogP contribution >= 0.6 is 0 Å². The third-order valence-electron chi connectivity index (χ3n) is 6.48. The van der Waals surface area contributed by atoms with Crippen LogP contribution in [0.5, 0.6) is 0 Å². The topological polar surface area (TPSA) is 149 Å². The summed E-state index contributed by atoms with van der Waals surface area (Å²) >= 11 is 0. The maximum atomic E-state index is 12.3. The van der Waals surface area contributed by atoms with E-state index in [2.05, 4.69) is 27.2 Å². The average molecular weight is 480 g/mol. The van der Waals surface area contributed by atoms with E-state index in [1.54, 1.807) is 0 Å². The lowest BCUT2D eigenvalue weighted by atomic mass is 9.90. The summed E-state index contributed by atoms with van der Waals surface area (Å²) in [5.41, 5.74) is 11.6. The largest absolute Gasteiger partial charge is 0.454 e. The molecule has 1 aliphatic carbocycles. The van der Waals surface area contributed by atoms with Crippen molar-refractivity contribution in [3.63, 3.8) is 0 Å². The molecule has 1 aromatic carbocycles. The summed E-state index contributed by atoms with van der Waals surface area (Å²) in [6, 6.07) is 6.13. The van der Waals surface area contributed by atoms with Crippen LogP contribution in [0.15, 0.2) is 33.3 Å². The second kappa shape index (κ2) is 9.91.